The van der Waals surface area contributed by atoms with E-state index >= 15 is 0 Å². The highest BCUT2D eigenvalue weighted by molar-refractivity contribution is 6.32. The number of hydrogen-bond donors (Lipinski definition) is 1. The molecule has 0 aliphatic carbocycles. The van der Waals surface area contributed by atoms with Crippen LogP contribution in [0.15, 0.2) is 27.4 Å². The quantitative estimate of drug-likeness (QED) is 0.883. The summed E-state index contributed by atoms with van der Waals surface area (Å²) < 4.78 is 5.30. The molecule has 1 saturated heterocycles. The molecule has 5 heteroatoms. The van der Waals surface area contributed by atoms with Gasteiger partial charge in [0.25, 0.3) is 0 Å². The molecular formula is C17H20ClNO3. The summed E-state index contributed by atoms with van der Waals surface area (Å²) in [6.45, 7) is 4.64. The standard InChI is InChI=1S/C17H20ClNO3/c1-11-5-16-14(7-15(11)18)13(6-17(21)22-16)9-19-4-2-3-12(8-19)10-20/h5-7,12,20H,2-4,8-10H2,1H3/t12-/m1/s1. The number of likely N-dealkylation sites (tertiary alicyclic amines) is 1. The fourth-order valence-electron chi connectivity index (χ4n) is 3.16. The summed E-state index contributed by atoms with van der Waals surface area (Å²) in [5, 5.41) is 10.9. The molecule has 0 saturated carbocycles. The van der Waals surface area contributed by atoms with Crippen LogP contribution < -0.4 is 5.63 Å². The lowest BCUT2D eigenvalue weighted by Crippen LogP contribution is -2.36. The van der Waals surface area contributed by atoms with Gasteiger partial charge in [-0.1, -0.05) is 11.6 Å². The Labute approximate surface area is 134 Å². The molecule has 1 aromatic heterocycles. The first-order valence-corrected chi connectivity index (χ1v) is 8.00. The predicted molar refractivity (Wildman–Crippen MR) is 87.3 cm³/mol. The third-order valence-corrected chi connectivity index (χ3v) is 4.77. The van der Waals surface area contributed by atoms with Crippen molar-refractivity contribution < 1.29 is 9.52 Å². The minimum Gasteiger partial charge on any atom is -0.423 e. The third kappa shape index (κ3) is 3.19. The average Bonchev–Trinajstić information content (AvgIpc) is 2.49. The average molecular weight is 322 g/mol. The van der Waals surface area contributed by atoms with Crippen LogP contribution in [-0.4, -0.2) is 29.7 Å². The predicted octanol–water partition coefficient (Wildman–Crippen LogP) is 2.96. The van der Waals surface area contributed by atoms with Crippen molar-refractivity contribution >= 4 is 22.6 Å². The van der Waals surface area contributed by atoms with Crippen molar-refractivity contribution in [2.45, 2.75) is 26.3 Å². The zero-order valence-corrected chi connectivity index (χ0v) is 13.4. The van der Waals surface area contributed by atoms with Crippen molar-refractivity contribution in [2.75, 3.05) is 19.7 Å². The van der Waals surface area contributed by atoms with Crippen molar-refractivity contribution in [3.63, 3.8) is 0 Å². The maximum Gasteiger partial charge on any atom is 0.336 e. The molecule has 3 rings (SSSR count). The first-order valence-electron chi connectivity index (χ1n) is 7.63. The minimum atomic E-state index is -0.333. The van der Waals surface area contributed by atoms with E-state index in [-0.39, 0.29) is 12.2 Å². The van der Waals surface area contributed by atoms with Crippen LogP contribution in [0.3, 0.4) is 0 Å². The number of hydrogen-bond acceptors (Lipinski definition) is 4. The van der Waals surface area contributed by atoms with E-state index < -0.39 is 0 Å². The molecule has 0 radical (unpaired) electrons. The smallest absolute Gasteiger partial charge is 0.336 e. The number of aliphatic hydroxyl groups excluding tert-OH is 1. The van der Waals surface area contributed by atoms with Gasteiger partial charge in [0.05, 0.1) is 0 Å². The van der Waals surface area contributed by atoms with E-state index in [9.17, 15) is 9.90 Å². The maximum absolute atomic E-state index is 11.8. The second-order valence-corrected chi connectivity index (χ2v) is 6.52. The Morgan fingerprint density at radius 2 is 2.23 bits per heavy atom. The van der Waals surface area contributed by atoms with E-state index in [2.05, 4.69) is 4.90 Å². The van der Waals surface area contributed by atoms with Crippen molar-refractivity contribution in [1.29, 1.82) is 0 Å². The van der Waals surface area contributed by atoms with Crippen LogP contribution in [0.5, 0.6) is 0 Å². The Hall–Kier alpha value is -1.36. The summed E-state index contributed by atoms with van der Waals surface area (Å²) >= 11 is 6.22. The van der Waals surface area contributed by atoms with Crippen LogP contribution in [0.2, 0.25) is 5.02 Å². The second kappa shape index (κ2) is 6.41. The molecule has 118 valence electrons. The van der Waals surface area contributed by atoms with Gasteiger partial charge in [-0.15, -0.1) is 0 Å². The molecule has 1 atom stereocenters. The Morgan fingerprint density at radius 3 is 3.00 bits per heavy atom. The number of halogens is 1. The lowest BCUT2D eigenvalue weighted by Gasteiger charge is -2.31. The van der Waals surface area contributed by atoms with Gasteiger partial charge in [-0.05, 0) is 55.5 Å². The normalized spacial score (nSPS) is 19.7. The van der Waals surface area contributed by atoms with Gasteiger partial charge in [-0.25, -0.2) is 4.79 Å². The molecule has 1 aromatic carbocycles. The number of rotatable bonds is 3. The lowest BCUT2D eigenvalue weighted by molar-refractivity contribution is 0.116. The number of aryl methyl sites for hydroxylation is 1. The van der Waals surface area contributed by atoms with E-state index in [0.29, 0.717) is 23.1 Å². The molecule has 0 amide bonds. The van der Waals surface area contributed by atoms with Crippen LogP contribution in [0.4, 0.5) is 0 Å². The monoisotopic (exact) mass is 321 g/mol. The van der Waals surface area contributed by atoms with Crippen LogP contribution in [0.25, 0.3) is 11.0 Å². The minimum absolute atomic E-state index is 0.221. The highest BCUT2D eigenvalue weighted by Crippen LogP contribution is 2.27. The van der Waals surface area contributed by atoms with E-state index in [0.717, 1.165) is 42.4 Å². The van der Waals surface area contributed by atoms with Crippen LogP contribution in [-0.2, 0) is 6.54 Å². The Morgan fingerprint density at radius 1 is 1.41 bits per heavy atom. The first-order chi connectivity index (χ1) is 10.6. The van der Waals surface area contributed by atoms with Gasteiger partial charge in [-0.2, -0.15) is 0 Å². The second-order valence-electron chi connectivity index (χ2n) is 6.11. The molecule has 1 fully saturated rings. The van der Waals surface area contributed by atoms with Crippen LogP contribution >= 0.6 is 11.6 Å². The van der Waals surface area contributed by atoms with Crippen molar-refractivity contribution in [1.82, 2.24) is 4.90 Å². The van der Waals surface area contributed by atoms with Gasteiger partial charge < -0.3 is 9.52 Å². The van der Waals surface area contributed by atoms with E-state index in [4.69, 9.17) is 16.0 Å². The van der Waals surface area contributed by atoms with Crippen LogP contribution in [0.1, 0.15) is 24.0 Å². The Kier molecular flexibility index (Phi) is 4.52. The summed E-state index contributed by atoms with van der Waals surface area (Å²) in [4.78, 5) is 14.1. The van der Waals surface area contributed by atoms with Crippen molar-refractivity contribution in [2.24, 2.45) is 5.92 Å². The molecule has 2 heterocycles. The highest BCUT2D eigenvalue weighted by atomic mass is 35.5. The fourth-order valence-corrected chi connectivity index (χ4v) is 3.33. The van der Waals surface area contributed by atoms with Gasteiger partial charge in [-0.3, -0.25) is 4.90 Å². The van der Waals surface area contributed by atoms with Crippen LogP contribution in [0, 0.1) is 12.8 Å². The topological polar surface area (TPSA) is 53.7 Å². The molecule has 4 nitrogen and oxygen atoms in total. The van der Waals surface area contributed by atoms with Gasteiger partial charge in [0.15, 0.2) is 0 Å². The van der Waals surface area contributed by atoms with Crippen molar-refractivity contribution in [3.05, 3.63) is 44.8 Å². The summed E-state index contributed by atoms with van der Waals surface area (Å²) in [6, 6.07) is 5.24. The summed E-state index contributed by atoms with van der Waals surface area (Å²) in [5.74, 6) is 0.325. The number of nitrogens with zero attached hydrogens (tertiary/aromatic N) is 1. The molecule has 0 bridgehead atoms. The van der Waals surface area contributed by atoms with Gasteiger partial charge in [0.1, 0.15) is 5.58 Å². The molecule has 0 spiro atoms. The van der Waals surface area contributed by atoms with E-state index in [1.165, 1.54) is 0 Å². The molecule has 0 unspecified atom stereocenters. The SMILES string of the molecule is Cc1cc2oc(=O)cc(CN3CCC[C@@H](CO)C3)c2cc1Cl. The van der Waals surface area contributed by atoms with Gasteiger partial charge in [0.2, 0.25) is 0 Å². The van der Waals surface area contributed by atoms with Crippen molar-refractivity contribution in [3.8, 4) is 0 Å². The number of aliphatic hydroxyl groups is 1. The largest absolute Gasteiger partial charge is 0.423 e. The zero-order chi connectivity index (χ0) is 15.7. The Bertz CT molecular complexity index is 740. The fraction of sp³-hybridized carbons (Fsp3) is 0.471. The maximum atomic E-state index is 11.8. The zero-order valence-electron chi connectivity index (χ0n) is 12.6. The molecule has 1 aliphatic heterocycles. The molecule has 1 aliphatic rings. The third-order valence-electron chi connectivity index (χ3n) is 4.36. The highest BCUT2D eigenvalue weighted by Gasteiger charge is 2.20. The molecule has 2 aromatic rings. The van der Waals surface area contributed by atoms with E-state index in [1.807, 2.05) is 19.1 Å². The summed E-state index contributed by atoms with van der Waals surface area (Å²) in [7, 11) is 0. The molecular weight excluding hydrogens is 302 g/mol. The van der Waals surface area contributed by atoms with Gasteiger partial charge >= 0.3 is 5.63 Å². The molecule has 1 N–H and O–H groups in total. The van der Waals surface area contributed by atoms with Gasteiger partial charge in [0, 0.05) is 36.2 Å². The number of piperidine rings is 1. The molecule has 22 heavy (non-hydrogen) atoms. The summed E-state index contributed by atoms with van der Waals surface area (Å²) in [5.41, 5.74) is 2.08. The Balaban J connectivity index is 1.96. The van der Waals surface area contributed by atoms with E-state index in [1.54, 1.807) is 6.07 Å². The number of benzene rings is 1. The summed E-state index contributed by atoms with van der Waals surface area (Å²) in [6.07, 6.45) is 2.14. The first kappa shape index (κ1) is 15.5. The number of fused-ring (bicyclic) bond motifs is 1. The lowest BCUT2D eigenvalue weighted by atomic mass is 9.98.